The van der Waals surface area contributed by atoms with Crippen molar-refractivity contribution in [3.63, 3.8) is 0 Å². The van der Waals surface area contributed by atoms with Crippen molar-refractivity contribution in [1.29, 1.82) is 0 Å². The average molecular weight is 370 g/mol. The molecule has 0 saturated carbocycles. The molecule has 2 heterocycles. The average Bonchev–Trinajstić information content (AvgIpc) is 2.63. The van der Waals surface area contributed by atoms with Gasteiger partial charge in [-0.15, -0.1) is 0 Å². The highest BCUT2D eigenvalue weighted by Gasteiger charge is 2.17. The van der Waals surface area contributed by atoms with Crippen molar-refractivity contribution >= 4 is 5.97 Å². The third-order valence-corrected chi connectivity index (χ3v) is 4.25. The van der Waals surface area contributed by atoms with E-state index < -0.39 is 5.60 Å². The van der Waals surface area contributed by atoms with Gasteiger partial charge in [0.25, 0.3) is 0 Å². The van der Waals surface area contributed by atoms with Gasteiger partial charge in [-0.3, -0.25) is 9.78 Å². The highest BCUT2D eigenvalue weighted by atomic mass is 16.6. The van der Waals surface area contributed by atoms with Gasteiger partial charge in [0.05, 0.1) is 7.11 Å². The van der Waals surface area contributed by atoms with E-state index in [9.17, 15) is 4.79 Å². The SMILES string of the molecule is COc1ncccc1-c1ccc(CCC(C)CCC(=O)OC(C)(C)C)nc1. The Bertz CT molecular complexity index is 736. The van der Waals surface area contributed by atoms with Gasteiger partial charge in [-0.25, -0.2) is 4.98 Å². The molecule has 0 saturated heterocycles. The van der Waals surface area contributed by atoms with Crippen molar-refractivity contribution in [2.24, 2.45) is 5.92 Å². The second kappa shape index (κ2) is 9.49. The summed E-state index contributed by atoms with van der Waals surface area (Å²) in [7, 11) is 1.62. The predicted molar refractivity (Wildman–Crippen MR) is 107 cm³/mol. The van der Waals surface area contributed by atoms with Crippen LogP contribution in [-0.2, 0) is 16.0 Å². The molecule has 0 N–H and O–H groups in total. The Hall–Kier alpha value is -2.43. The van der Waals surface area contributed by atoms with Gasteiger partial charge in [0.15, 0.2) is 0 Å². The fraction of sp³-hybridized carbons (Fsp3) is 0.500. The van der Waals surface area contributed by atoms with Gasteiger partial charge in [-0.05, 0) is 64.2 Å². The van der Waals surface area contributed by atoms with Gasteiger partial charge in [-0.1, -0.05) is 13.0 Å². The van der Waals surface area contributed by atoms with Crippen LogP contribution < -0.4 is 4.74 Å². The number of aryl methyl sites for hydroxylation is 1. The van der Waals surface area contributed by atoms with Crippen molar-refractivity contribution < 1.29 is 14.3 Å². The predicted octanol–water partition coefficient (Wildman–Crippen LogP) is 4.84. The molecule has 0 aliphatic heterocycles. The molecule has 5 nitrogen and oxygen atoms in total. The number of pyridine rings is 2. The lowest BCUT2D eigenvalue weighted by Gasteiger charge is -2.20. The minimum absolute atomic E-state index is 0.123. The summed E-state index contributed by atoms with van der Waals surface area (Å²) in [4.78, 5) is 20.6. The first-order valence-corrected chi connectivity index (χ1v) is 9.44. The van der Waals surface area contributed by atoms with Crippen molar-refractivity contribution in [1.82, 2.24) is 9.97 Å². The van der Waals surface area contributed by atoms with Gasteiger partial charge < -0.3 is 9.47 Å². The zero-order valence-corrected chi connectivity index (χ0v) is 17.0. The molecule has 2 aromatic rings. The smallest absolute Gasteiger partial charge is 0.306 e. The monoisotopic (exact) mass is 370 g/mol. The highest BCUT2D eigenvalue weighted by molar-refractivity contribution is 5.69. The molecular weight excluding hydrogens is 340 g/mol. The molecule has 146 valence electrons. The van der Waals surface area contributed by atoms with Crippen LogP contribution in [-0.4, -0.2) is 28.6 Å². The van der Waals surface area contributed by atoms with E-state index in [0.717, 1.165) is 36.1 Å². The molecule has 0 aromatic carbocycles. The number of rotatable bonds is 8. The molecule has 27 heavy (non-hydrogen) atoms. The first kappa shape index (κ1) is 20.9. The summed E-state index contributed by atoms with van der Waals surface area (Å²) in [6.45, 7) is 7.85. The number of esters is 1. The Balaban J connectivity index is 1.83. The number of hydrogen-bond acceptors (Lipinski definition) is 5. The minimum Gasteiger partial charge on any atom is -0.481 e. The fourth-order valence-electron chi connectivity index (χ4n) is 2.80. The van der Waals surface area contributed by atoms with E-state index in [2.05, 4.69) is 16.9 Å². The van der Waals surface area contributed by atoms with Gasteiger partial charge in [-0.2, -0.15) is 0 Å². The van der Waals surface area contributed by atoms with E-state index in [1.54, 1.807) is 13.3 Å². The maximum absolute atomic E-state index is 11.8. The molecule has 1 atom stereocenters. The van der Waals surface area contributed by atoms with E-state index in [4.69, 9.17) is 9.47 Å². The second-order valence-corrected chi connectivity index (χ2v) is 7.87. The van der Waals surface area contributed by atoms with Crippen LogP contribution in [0.5, 0.6) is 5.88 Å². The molecule has 0 aliphatic carbocycles. The van der Waals surface area contributed by atoms with Crippen molar-refractivity contribution in [2.75, 3.05) is 7.11 Å². The lowest BCUT2D eigenvalue weighted by Crippen LogP contribution is -2.24. The number of carbonyl (C=O) groups is 1. The Morgan fingerprint density at radius 1 is 1.15 bits per heavy atom. The number of hydrogen-bond donors (Lipinski definition) is 0. The van der Waals surface area contributed by atoms with Crippen molar-refractivity contribution in [3.05, 3.63) is 42.4 Å². The summed E-state index contributed by atoms with van der Waals surface area (Å²) in [6, 6.07) is 7.95. The largest absolute Gasteiger partial charge is 0.481 e. The third-order valence-electron chi connectivity index (χ3n) is 4.25. The van der Waals surface area contributed by atoms with Crippen LogP contribution in [0, 0.1) is 5.92 Å². The summed E-state index contributed by atoms with van der Waals surface area (Å²) in [5, 5.41) is 0. The topological polar surface area (TPSA) is 61.3 Å². The van der Waals surface area contributed by atoms with Gasteiger partial charge in [0.2, 0.25) is 5.88 Å². The highest BCUT2D eigenvalue weighted by Crippen LogP contribution is 2.27. The Kier molecular flexibility index (Phi) is 7.34. The van der Waals surface area contributed by atoms with Gasteiger partial charge >= 0.3 is 5.97 Å². The van der Waals surface area contributed by atoms with E-state index in [1.165, 1.54) is 0 Å². The molecule has 0 bridgehead atoms. The maximum atomic E-state index is 11.8. The van der Waals surface area contributed by atoms with Crippen molar-refractivity contribution in [3.8, 4) is 17.0 Å². The van der Waals surface area contributed by atoms with Crippen LogP contribution in [0.15, 0.2) is 36.7 Å². The summed E-state index contributed by atoms with van der Waals surface area (Å²) >= 11 is 0. The van der Waals surface area contributed by atoms with E-state index in [1.807, 2.05) is 51.2 Å². The Morgan fingerprint density at radius 2 is 1.93 bits per heavy atom. The first-order valence-electron chi connectivity index (χ1n) is 9.44. The van der Waals surface area contributed by atoms with Crippen LogP contribution in [0.2, 0.25) is 0 Å². The minimum atomic E-state index is -0.414. The molecule has 0 fully saturated rings. The van der Waals surface area contributed by atoms with Crippen LogP contribution in [0.3, 0.4) is 0 Å². The van der Waals surface area contributed by atoms with Gasteiger partial charge in [0.1, 0.15) is 5.60 Å². The lowest BCUT2D eigenvalue weighted by atomic mass is 9.98. The second-order valence-electron chi connectivity index (χ2n) is 7.87. The first-order chi connectivity index (χ1) is 12.8. The summed E-state index contributed by atoms with van der Waals surface area (Å²) in [5.74, 6) is 0.919. The van der Waals surface area contributed by atoms with Crippen LogP contribution in [0.25, 0.3) is 11.1 Å². The Morgan fingerprint density at radius 3 is 2.56 bits per heavy atom. The number of carbonyl (C=O) groups excluding carboxylic acids is 1. The molecule has 2 rings (SSSR count). The molecule has 0 spiro atoms. The molecule has 1 unspecified atom stereocenters. The maximum Gasteiger partial charge on any atom is 0.306 e. The normalized spacial score (nSPS) is 12.5. The van der Waals surface area contributed by atoms with Crippen LogP contribution in [0.1, 0.15) is 52.7 Å². The summed E-state index contributed by atoms with van der Waals surface area (Å²) in [5.41, 5.74) is 2.56. The van der Waals surface area contributed by atoms with Crippen LogP contribution >= 0.6 is 0 Å². The lowest BCUT2D eigenvalue weighted by molar-refractivity contribution is -0.155. The number of methoxy groups -OCH3 is 1. The Labute approximate surface area is 162 Å². The number of nitrogens with zero attached hydrogens (tertiary/aromatic N) is 2. The molecule has 0 radical (unpaired) electrons. The summed E-state index contributed by atoms with van der Waals surface area (Å²) < 4.78 is 10.7. The van der Waals surface area contributed by atoms with E-state index in [0.29, 0.717) is 18.2 Å². The molecular formula is C22H30N2O3. The van der Waals surface area contributed by atoms with E-state index in [-0.39, 0.29) is 5.97 Å². The van der Waals surface area contributed by atoms with Crippen LogP contribution in [0.4, 0.5) is 0 Å². The quantitative estimate of drug-likeness (QED) is 0.622. The molecule has 5 heteroatoms. The van der Waals surface area contributed by atoms with E-state index >= 15 is 0 Å². The standard InChI is InChI=1S/C22H30N2O3/c1-16(9-13-20(25)27-22(2,3)4)8-11-18-12-10-17(15-24-18)19-7-6-14-23-21(19)26-5/h6-7,10,12,14-16H,8-9,11,13H2,1-5H3. The summed E-state index contributed by atoms with van der Waals surface area (Å²) in [6.07, 6.45) is 6.75. The number of aromatic nitrogens is 2. The fourth-order valence-corrected chi connectivity index (χ4v) is 2.80. The van der Waals surface area contributed by atoms with Crippen molar-refractivity contribution in [2.45, 2.75) is 59.0 Å². The zero-order chi connectivity index (χ0) is 19.9. The molecule has 2 aromatic heterocycles. The van der Waals surface area contributed by atoms with Gasteiger partial charge in [0, 0.05) is 35.6 Å². The zero-order valence-electron chi connectivity index (χ0n) is 17.0. The number of ether oxygens (including phenoxy) is 2. The molecule has 0 amide bonds. The molecule has 0 aliphatic rings. The third kappa shape index (κ3) is 7.00.